The number of hydrogen-bond acceptors (Lipinski definition) is 3. The van der Waals surface area contributed by atoms with E-state index in [1.54, 1.807) is 6.07 Å². The summed E-state index contributed by atoms with van der Waals surface area (Å²) in [6, 6.07) is 5.07. The molecule has 3 nitrogen and oxygen atoms in total. The van der Waals surface area contributed by atoms with Crippen LogP contribution in [0.4, 0.5) is 0 Å². The van der Waals surface area contributed by atoms with E-state index in [1.165, 1.54) is 31.7 Å². The van der Waals surface area contributed by atoms with Crippen LogP contribution in [0.5, 0.6) is 11.5 Å². The van der Waals surface area contributed by atoms with Crippen molar-refractivity contribution in [3.63, 3.8) is 0 Å². The van der Waals surface area contributed by atoms with Crippen LogP contribution in [0, 0.1) is 5.92 Å². The van der Waals surface area contributed by atoms with Crippen molar-refractivity contribution in [2.24, 2.45) is 5.92 Å². The first kappa shape index (κ1) is 11.3. The van der Waals surface area contributed by atoms with Gasteiger partial charge in [0.2, 0.25) is 0 Å². The molecule has 88 valence electrons. The predicted molar refractivity (Wildman–Crippen MR) is 63.4 cm³/mol. The fraction of sp³-hybridized carbons (Fsp3) is 0.538. The van der Waals surface area contributed by atoms with Crippen molar-refractivity contribution >= 4 is 0 Å². The van der Waals surface area contributed by atoms with Crippen molar-refractivity contribution in [2.45, 2.75) is 32.2 Å². The number of nitrogens with one attached hydrogen (secondary N) is 1. The highest BCUT2D eigenvalue weighted by molar-refractivity contribution is 5.44. The average Bonchev–Trinajstić information content (AvgIpc) is 2.21. The Bertz CT molecular complexity index is 348. The van der Waals surface area contributed by atoms with E-state index in [0.717, 1.165) is 18.0 Å². The molecular weight excluding hydrogens is 202 g/mol. The van der Waals surface area contributed by atoms with E-state index < -0.39 is 0 Å². The van der Waals surface area contributed by atoms with Gasteiger partial charge in [-0.3, -0.25) is 0 Å². The Morgan fingerprint density at radius 1 is 1.25 bits per heavy atom. The van der Waals surface area contributed by atoms with Crippen molar-refractivity contribution in [3.8, 4) is 11.5 Å². The first-order valence-electron chi connectivity index (χ1n) is 5.98. The van der Waals surface area contributed by atoms with Crippen LogP contribution >= 0.6 is 0 Å². The van der Waals surface area contributed by atoms with Gasteiger partial charge < -0.3 is 15.5 Å². The summed E-state index contributed by atoms with van der Waals surface area (Å²) in [6.07, 6.45) is 5.36. The summed E-state index contributed by atoms with van der Waals surface area (Å²) >= 11 is 0. The highest BCUT2D eigenvalue weighted by Gasteiger charge is 2.16. The molecule has 0 saturated heterocycles. The van der Waals surface area contributed by atoms with Crippen molar-refractivity contribution in [1.29, 1.82) is 0 Å². The maximum Gasteiger partial charge on any atom is 0.161 e. The molecule has 16 heavy (non-hydrogen) atoms. The standard InChI is InChI=1S/C13H19NO2/c15-12-6-2-5-11(13(12)16)9-14-8-7-10-3-1-4-10/h2,5-6,10,14-16H,1,3-4,7-9H2. The first-order chi connectivity index (χ1) is 7.77. The average molecular weight is 221 g/mol. The number of benzene rings is 1. The minimum absolute atomic E-state index is 0.00126. The fourth-order valence-corrected chi connectivity index (χ4v) is 2.03. The van der Waals surface area contributed by atoms with Gasteiger partial charge in [-0.2, -0.15) is 0 Å². The lowest BCUT2D eigenvalue weighted by Crippen LogP contribution is -2.21. The van der Waals surface area contributed by atoms with Crippen LogP contribution in [0.2, 0.25) is 0 Å². The van der Waals surface area contributed by atoms with Crippen molar-refractivity contribution in [1.82, 2.24) is 5.32 Å². The molecule has 2 rings (SSSR count). The zero-order valence-electron chi connectivity index (χ0n) is 9.45. The molecule has 0 aromatic heterocycles. The zero-order valence-corrected chi connectivity index (χ0v) is 9.45. The topological polar surface area (TPSA) is 52.5 Å². The number of aromatic hydroxyl groups is 2. The van der Waals surface area contributed by atoms with Crippen LogP contribution in [-0.4, -0.2) is 16.8 Å². The number of phenols is 2. The second-order valence-electron chi connectivity index (χ2n) is 4.55. The fourth-order valence-electron chi connectivity index (χ4n) is 2.03. The quantitative estimate of drug-likeness (QED) is 0.528. The Morgan fingerprint density at radius 3 is 2.75 bits per heavy atom. The monoisotopic (exact) mass is 221 g/mol. The summed E-state index contributed by atoms with van der Waals surface area (Å²) in [6.45, 7) is 1.60. The number of rotatable bonds is 5. The second-order valence-corrected chi connectivity index (χ2v) is 4.55. The van der Waals surface area contributed by atoms with Crippen molar-refractivity contribution in [2.75, 3.05) is 6.54 Å². The Balaban J connectivity index is 1.73. The lowest BCUT2D eigenvalue weighted by Gasteiger charge is -2.25. The molecule has 1 saturated carbocycles. The van der Waals surface area contributed by atoms with E-state index in [-0.39, 0.29) is 11.5 Å². The van der Waals surface area contributed by atoms with Crippen molar-refractivity contribution in [3.05, 3.63) is 23.8 Å². The van der Waals surface area contributed by atoms with E-state index in [1.807, 2.05) is 6.07 Å². The van der Waals surface area contributed by atoms with Gasteiger partial charge in [-0.1, -0.05) is 31.4 Å². The van der Waals surface area contributed by atoms with Gasteiger partial charge in [0.1, 0.15) is 0 Å². The normalized spacial score (nSPS) is 16.0. The minimum Gasteiger partial charge on any atom is -0.504 e. The maximum atomic E-state index is 9.57. The van der Waals surface area contributed by atoms with Gasteiger partial charge in [-0.05, 0) is 24.9 Å². The summed E-state index contributed by atoms with van der Waals surface area (Å²) in [5.74, 6) is 0.863. The van der Waals surface area contributed by atoms with Gasteiger partial charge in [0.25, 0.3) is 0 Å². The van der Waals surface area contributed by atoms with Crippen LogP contribution in [0.1, 0.15) is 31.2 Å². The molecule has 0 spiro atoms. The number of hydrogen-bond donors (Lipinski definition) is 3. The maximum absolute atomic E-state index is 9.57. The Hall–Kier alpha value is -1.22. The van der Waals surface area contributed by atoms with Crippen molar-refractivity contribution < 1.29 is 10.2 Å². The summed E-state index contributed by atoms with van der Waals surface area (Å²) in [5.41, 5.74) is 0.758. The molecule has 3 heteroatoms. The molecular formula is C13H19NO2. The lowest BCUT2D eigenvalue weighted by atomic mass is 9.83. The molecule has 0 radical (unpaired) electrons. The molecule has 1 fully saturated rings. The molecule has 3 N–H and O–H groups in total. The second kappa shape index (κ2) is 5.21. The summed E-state index contributed by atoms with van der Waals surface area (Å²) < 4.78 is 0. The Labute approximate surface area is 96.1 Å². The van der Waals surface area contributed by atoms with Gasteiger partial charge in [0.15, 0.2) is 11.5 Å². The smallest absolute Gasteiger partial charge is 0.161 e. The molecule has 0 unspecified atom stereocenters. The molecule has 0 atom stereocenters. The molecule has 0 amide bonds. The third-order valence-corrected chi connectivity index (χ3v) is 3.37. The molecule has 1 aromatic carbocycles. The van der Waals surface area contributed by atoms with Gasteiger partial charge in [-0.15, -0.1) is 0 Å². The SMILES string of the molecule is Oc1cccc(CNCCC2CCC2)c1O. The molecule has 0 heterocycles. The zero-order chi connectivity index (χ0) is 11.4. The van der Waals surface area contributed by atoms with E-state index in [9.17, 15) is 10.2 Å². The van der Waals surface area contributed by atoms with Crippen LogP contribution < -0.4 is 5.32 Å². The molecule has 0 bridgehead atoms. The van der Waals surface area contributed by atoms with Crippen LogP contribution in [0.25, 0.3) is 0 Å². The van der Waals surface area contributed by atoms with E-state index in [4.69, 9.17) is 0 Å². The summed E-state index contributed by atoms with van der Waals surface area (Å²) in [7, 11) is 0. The van der Waals surface area contributed by atoms with Crippen LogP contribution in [-0.2, 0) is 6.54 Å². The highest BCUT2D eigenvalue weighted by atomic mass is 16.3. The third kappa shape index (κ3) is 2.67. The number of phenolic OH excluding ortho intramolecular Hbond substituents is 2. The van der Waals surface area contributed by atoms with E-state index in [0.29, 0.717) is 6.54 Å². The van der Waals surface area contributed by atoms with Gasteiger partial charge in [0, 0.05) is 12.1 Å². The first-order valence-corrected chi connectivity index (χ1v) is 5.98. The van der Waals surface area contributed by atoms with Crippen LogP contribution in [0.15, 0.2) is 18.2 Å². The Morgan fingerprint density at radius 2 is 2.06 bits per heavy atom. The molecule has 1 aromatic rings. The highest BCUT2D eigenvalue weighted by Crippen LogP contribution is 2.29. The van der Waals surface area contributed by atoms with E-state index >= 15 is 0 Å². The molecule has 1 aliphatic carbocycles. The van der Waals surface area contributed by atoms with Gasteiger partial charge in [0.05, 0.1) is 0 Å². The number of para-hydroxylation sites is 1. The van der Waals surface area contributed by atoms with Gasteiger partial charge >= 0.3 is 0 Å². The third-order valence-electron chi connectivity index (χ3n) is 3.37. The lowest BCUT2D eigenvalue weighted by molar-refractivity contribution is 0.291. The summed E-state index contributed by atoms with van der Waals surface area (Å²) in [5, 5.41) is 22.2. The van der Waals surface area contributed by atoms with E-state index in [2.05, 4.69) is 5.32 Å². The summed E-state index contributed by atoms with van der Waals surface area (Å²) in [4.78, 5) is 0. The largest absolute Gasteiger partial charge is 0.504 e. The molecule has 0 aliphatic heterocycles. The Kier molecular flexibility index (Phi) is 3.67. The van der Waals surface area contributed by atoms with Crippen LogP contribution in [0.3, 0.4) is 0 Å². The minimum atomic E-state index is -0.0432. The van der Waals surface area contributed by atoms with Gasteiger partial charge in [-0.25, -0.2) is 0 Å². The molecule has 1 aliphatic rings. The predicted octanol–water partition coefficient (Wildman–Crippen LogP) is 2.38.